The van der Waals surface area contributed by atoms with Crippen LogP contribution in [0, 0.1) is 9.39 Å². The number of nitrogens with two attached hydrogens (primary N) is 1. The number of fused-ring (bicyclic) bond motifs is 6. The highest BCUT2D eigenvalue weighted by atomic mass is 127. The standard InChI is InChI=1S/C16H10FN3.C16H10IN3.C16H12N4/c3*17-14-2-1-12-9-19-16(8-13(12)7-14)20-6-4-11-3-5-18-10-15(11)20/h2*1-10H;1-10H,17H2. The van der Waals surface area contributed by atoms with Crippen LogP contribution in [0.4, 0.5) is 10.1 Å². The molecule has 0 radical (unpaired) electrons. The third-order valence-electron chi connectivity index (χ3n) is 10.3. The molecule has 9 heterocycles. The normalized spacial score (nSPS) is 11.2. The van der Waals surface area contributed by atoms with Crippen molar-refractivity contribution >= 4 is 93.3 Å². The second kappa shape index (κ2) is 15.6. The van der Waals surface area contributed by atoms with Crippen molar-refractivity contribution in [1.29, 1.82) is 0 Å². The average molecular weight is 895 g/mol. The first-order chi connectivity index (χ1) is 29.4. The van der Waals surface area contributed by atoms with Crippen molar-refractivity contribution in [3.8, 4) is 17.5 Å². The molecule has 12 rings (SSSR count). The molecular formula is C48H32FIN10. The third kappa shape index (κ3) is 7.24. The third-order valence-corrected chi connectivity index (χ3v) is 11.0. The van der Waals surface area contributed by atoms with E-state index in [0.717, 1.165) is 77.4 Å². The maximum absolute atomic E-state index is 13.3. The summed E-state index contributed by atoms with van der Waals surface area (Å²) >= 11 is 2.33. The Labute approximate surface area is 355 Å². The fourth-order valence-corrected chi connectivity index (χ4v) is 7.78. The molecule has 0 unspecified atom stereocenters. The predicted octanol–water partition coefficient (Wildman–Crippen LogP) is 11.0. The summed E-state index contributed by atoms with van der Waals surface area (Å²) in [6, 6.07) is 35.0. The Balaban J connectivity index is 0.000000108. The highest BCUT2D eigenvalue weighted by molar-refractivity contribution is 14.1. The lowest BCUT2D eigenvalue weighted by Crippen LogP contribution is -1.96. The largest absolute Gasteiger partial charge is 0.399 e. The van der Waals surface area contributed by atoms with E-state index < -0.39 is 0 Å². The average Bonchev–Trinajstić information content (AvgIpc) is 4.04. The van der Waals surface area contributed by atoms with E-state index in [9.17, 15) is 4.39 Å². The van der Waals surface area contributed by atoms with Gasteiger partial charge >= 0.3 is 0 Å². The van der Waals surface area contributed by atoms with E-state index in [1.165, 1.54) is 26.5 Å². The second-order valence-electron chi connectivity index (χ2n) is 14.1. The van der Waals surface area contributed by atoms with Gasteiger partial charge in [0, 0.05) is 97.3 Å². The number of aromatic nitrogens is 9. The first kappa shape index (κ1) is 36.7. The van der Waals surface area contributed by atoms with E-state index in [1.807, 2.05) is 113 Å². The number of anilines is 1. The summed E-state index contributed by atoms with van der Waals surface area (Å²) in [5.74, 6) is 2.30. The molecule has 12 heteroatoms. The van der Waals surface area contributed by atoms with Gasteiger partial charge in [-0.3, -0.25) is 28.7 Å². The summed E-state index contributed by atoms with van der Waals surface area (Å²) in [6.07, 6.45) is 22.4. The van der Waals surface area contributed by atoms with Gasteiger partial charge in [-0.25, -0.2) is 19.3 Å². The zero-order valence-corrected chi connectivity index (χ0v) is 33.8. The van der Waals surface area contributed by atoms with Gasteiger partial charge in [0.05, 0.1) is 35.1 Å². The molecule has 12 aromatic rings. The van der Waals surface area contributed by atoms with Gasteiger partial charge in [-0.2, -0.15) is 0 Å². The van der Waals surface area contributed by atoms with Crippen LogP contribution in [-0.4, -0.2) is 43.6 Å². The fourth-order valence-electron chi connectivity index (χ4n) is 7.27. The Bertz CT molecular complexity index is 3150. The van der Waals surface area contributed by atoms with Gasteiger partial charge in [-0.1, -0.05) is 12.1 Å². The van der Waals surface area contributed by atoms with Crippen molar-refractivity contribution < 1.29 is 4.39 Å². The van der Waals surface area contributed by atoms with Crippen molar-refractivity contribution in [3.63, 3.8) is 0 Å². The summed E-state index contributed by atoms with van der Waals surface area (Å²) < 4.78 is 20.6. The number of halogens is 2. The van der Waals surface area contributed by atoms with Crippen LogP contribution in [0.15, 0.2) is 184 Å². The van der Waals surface area contributed by atoms with Gasteiger partial charge in [-0.05, 0) is 136 Å². The second-order valence-corrected chi connectivity index (χ2v) is 15.3. The topological polar surface area (TPSA) is 118 Å². The number of benzene rings is 3. The van der Waals surface area contributed by atoms with Crippen LogP contribution in [0.3, 0.4) is 0 Å². The predicted molar refractivity (Wildman–Crippen MR) is 246 cm³/mol. The lowest BCUT2D eigenvalue weighted by molar-refractivity contribution is 0.629. The lowest BCUT2D eigenvalue weighted by Gasteiger charge is -2.06. The Kier molecular flexibility index (Phi) is 9.58. The molecule has 10 nitrogen and oxygen atoms in total. The Morgan fingerprint density at radius 3 is 1.30 bits per heavy atom. The van der Waals surface area contributed by atoms with Gasteiger partial charge < -0.3 is 5.73 Å². The van der Waals surface area contributed by atoms with Gasteiger partial charge in [0.15, 0.2) is 0 Å². The van der Waals surface area contributed by atoms with E-state index in [2.05, 4.69) is 93.5 Å². The van der Waals surface area contributed by atoms with Crippen LogP contribution >= 0.6 is 22.6 Å². The molecule has 0 saturated heterocycles. The molecule has 0 atom stereocenters. The molecular weight excluding hydrogens is 862 g/mol. The van der Waals surface area contributed by atoms with Crippen molar-refractivity contribution in [1.82, 2.24) is 43.6 Å². The van der Waals surface area contributed by atoms with Crippen molar-refractivity contribution in [2.45, 2.75) is 0 Å². The minimum atomic E-state index is -0.242. The molecule has 0 aliphatic rings. The molecule has 0 aliphatic carbocycles. The van der Waals surface area contributed by atoms with Crippen LogP contribution in [0.1, 0.15) is 0 Å². The van der Waals surface area contributed by atoms with Crippen molar-refractivity contribution in [2.75, 3.05) is 5.73 Å². The molecule has 0 spiro atoms. The SMILES string of the molecule is Fc1ccc2cnc(-n3ccc4ccncc43)cc2c1.Ic1ccc2cnc(-n3ccc4ccncc43)cc2c1.Nc1ccc2cnc(-n3ccc4ccncc43)cc2c1. The first-order valence-corrected chi connectivity index (χ1v) is 20.0. The molecule has 0 saturated carbocycles. The summed E-state index contributed by atoms with van der Waals surface area (Å²) in [5, 5.41) is 9.69. The van der Waals surface area contributed by atoms with Crippen LogP contribution in [0.25, 0.3) is 82.5 Å². The minimum Gasteiger partial charge on any atom is -0.399 e. The Hall–Kier alpha value is -7.58. The van der Waals surface area contributed by atoms with Crippen molar-refractivity contribution in [2.24, 2.45) is 0 Å². The summed E-state index contributed by atoms with van der Waals surface area (Å²) in [5.41, 5.74) is 9.70. The summed E-state index contributed by atoms with van der Waals surface area (Å²) in [4.78, 5) is 26.0. The van der Waals surface area contributed by atoms with Gasteiger partial charge in [0.2, 0.25) is 0 Å². The molecule has 9 aromatic heterocycles. The maximum atomic E-state index is 13.3. The molecule has 0 aliphatic heterocycles. The number of hydrogen-bond donors (Lipinski definition) is 1. The van der Waals surface area contributed by atoms with Crippen LogP contribution < -0.4 is 5.73 Å². The monoisotopic (exact) mass is 894 g/mol. The quantitative estimate of drug-likeness (QED) is 0.139. The lowest BCUT2D eigenvalue weighted by atomic mass is 10.1. The Morgan fingerprint density at radius 2 is 0.817 bits per heavy atom. The van der Waals surface area contributed by atoms with Crippen LogP contribution in [-0.2, 0) is 0 Å². The fraction of sp³-hybridized carbons (Fsp3) is 0. The van der Waals surface area contributed by atoms with Crippen molar-refractivity contribution in [3.05, 3.63) is 193 Å². The molecule has 0 fully saturated rings. The van der Waals surface area contributed by atoms with E-state index in [4.69, 9.17) is 5.73 Å². The highest BCUT2D eigenvalue weighted by Gasteiger charge is 2.08. The molecule has 0 amide bonds. The number of nitrogens with zero attached hydrogens (tertiary/aromatic N) is 9. The van der Waals surface area contributed by atoms with Gasteiger partial charge in [0.25, 0.3) is 0 Å². The zero-order valence-electron chi connectivity index (χ0n) is 31.7. The number of rotatable bonds is 3. The molecule has 2 N–H and O–H groups in total. The van der Waals surface area contributed by atoms with Crippen LogP contribution in [0.5, 0.6) is 0 Å². The van der Waals surface area contributed by atoms with E-state index >= 15 is 0 Å². The zero-order chi connectivity index (χ0) is 40.6. The molecule has 288 valence electrons. The van der Waals surface area contributed by atoms with Gasteiger partial charge in [-0.15, -0.1) is 0 Å². The van der Waals surface area contributed by atoms with E-state index in [0.29, 0.717) is 0 Å². The minimum absolute atomic E-state index is 0.242. The number of nitrogen functional groups attached to an aromatic ring is 1. The Morgan fingerprint density at radius 1 is 0.400 bits per heavy atom. The van der Waals surface area contributed by atoms with E-state index in [1.54, 1.807) is 30.9 Å². The summed E-state index contributed by atoms with van der Waals surface area (Å²) in [6.45, 7) is 0. The summed E-state index contributed by atoms with van der Waals surface area (Å²) in [7, 11) is 0. The smallest absolute Gasteiger partial charge is 0.137 e. The first-order valence-electron chi connectivity index (χ1n) is 18.9. The highest BCUT2D eigenvalue weighted by Crippen LogP contribution is 2.25. The maximum Gasteiger partial charge on any atom is 0.137 e. The molecule has 3 aromatic carbocycles. The molecule has 60 heavy (non-hydrogen) atoms. The molecule has 0 bridgehead atoms. The van der Waals surface area contributed by atoms with Crippen LogP contribution in [0.2, 0.25) is 0 Å². The van der Waals surface area contributed by atoms with Gasteiger partial charge in [0.1, 0.15) is 23.3 Å². The van der Waals surface area contributed by atoms with E-state index in [-0.39, 0.29) is 5.82 Å². The number of pyridine rings is 6. The number of hydrogen-bond acceptors (Lipinski definition) is 7.